The summed E-state index contributed by atoms with van der Waals surface area (Å²) in [6.45, 7) is 6.28. The average Bonchev–Trinajstić information content (AvgIpc) is 2.87. The lowest BCUT2D eigenvalue weighted by Gasteiger charge is -2.44. The molecule has 0 aromatic heterocycles. The number of rotatable bonds is 2. The van der Waals surface area contributed by atoms with Crippen molar-refractivity contribution in [2.75, 3.05) is 19.6 Å². The minimum absolute atomic E-state index is 0.0109. The van der Waals surface area contributed by atoms with E-state index >= 15 is 0 Å². The fraction of sp³-hybridized carbons (Fsp3) is 0.867. The van der Waals surface area contributed by atoms with Crippen molar-refractivity contribution < 1.29 is 9.59 Å². The zero-order valence-corrected chi connectivity index (χ0v) is 12.5. The molecule has 3 aliphatic rings. The first-order chi connectivity index (χ1) is 9.55. The van der Waals surface area contributed by atoms with Crippen LogP contribution in [0.2, 0.25) is 0 Å². The van der Waals surface area contributed by atoms with E-state index in [0.29, 0.717) is 12.5 Å². The van der Waals surface area contributed by atoms with Gasteiger partial charge in [0.25, 0.3) is 0 Å². The summed E-state index contributed by atoms with van der Waals surface area (Å²) in [5.41, 5.74) is -0.711. The molecule has 3 unspecified atom stereocenters. The van der Waals surface area contributed by atoms with Crippen LogP contribution in [0.5, 0.6) is 0 Å². The number of hydrogen-bond donors (Lipinski definition) is 1. The molecule has 3 aliphatic heterocycles. The third kappa shape index (κ3) is 2.12. The Balaban J connectivity index is 1.82. The number of carbonyl (C=O) groups excluding carboxylic acids is 2. The molecule has 0 aliphatic carbocycles. The molecule has 0 bridgehead atoms. The maximum Gasteiger partial charge on any atom is 0.248 e. The lowest BCUT2D eigenvalue weighted by Crippen LogP contribution is -2.68. The molecule has 3 rings (SSSR count). The number of fused-ring (bicyclic) bond motifs is 1. The van der Waals surface area contributed by atoms with Crippen LogP contribution in [-0.4, -0.2) is 58.9 Å². The van der Waals surface area contributed by atoms with Gasteiger partial charge in [-0.15, -0.1) is 0 Å². The van der Waals surface area contributed by atoms with Crippen LogP contribution in [0.25, 0.3) is 0 Å². The SMILES string of the molecule is CCC1(C)NC(=O)CN(C2CCN3CCCCC23)C1=O. The summed E-state index contributed by atoms with van der Waals surface area (Å²) in [4.78, 5) is 29.2. The summed E-state index contributed by atoms with van der Waals surface area (Å²) in [5.74, 6) is 0.0974. The Morgan fingerprint density at radius 2 is 2.00 bits per heavy atom. The van der Waals surface area contributed by atoms with E-state index in [2.05, 4.69) is 10.2 Å². The highest BCUT2D eigenvalue weighted by Gasteiger charge is 2.48. The standard InChI is InChI=1S/C15H25N3O2/c1-3-15(2)14(20)18(10-13(19)16-15)12-7-9-17-8-5-4-6-11(12)17/h11-12H,3-10H2,1-2H3,(H,16,19). The minimum Gasteiger partial charge on any atom is -0.340 e. The van der Waals surface area contributed by atoms with Crippen LogP contribution in [0.3, 0.4) is 0 Å². The predicted octanol–water partition coefficient (Wildman–Crippen LogP) is 0.740. The van der Waals surface area contributed by atoms with Gasteiger partial charge in [-0.25, -0.2) is 0 Å². The van der Waals surface area contributed by atoms with E-state index in [1.54, 1.807) is 0 Å². The predicted molar refractivity (Wildman–Crippen MR) is 76.2 cm³/mol. The summed E-state index contributed by atoms with van der Waals surface area (Å²) in [6, 6.07) is 0.708. The van der Waals surface area contributed by atoms with Crippen molar-refractivity contribution in [3.8, 4) is 0 Å². The van der Waals surface area contributed by atoms with Crippen LogP contribution in [0.15, 0.2) is 0 Å². The van der Waals surface area contributed by atoms with E-state index in [1.165, 1.54) is 19.3 Å². The van der Waals surface area contributed by atoms with Crippen LogP contribution < -0.4 is 5.32 Å². The van der Waals surface area contributed by atoms with E-state index in [0.717, 1.165) is 19.5 Å². The highest BCUT2D eigenvalue weighted by Crippen LogP contribution is 2.32. The Morgan fingerprint density at radius 3 is 2.75 bits per heavy atom. The number of amides is 2. The van der Waals surface area contributed by atoms with Crippen molar-refractivity contribution in [1.29, 1.82) is 0 Å². The van der Waals surface area contributed by atoms with Gasteiger partial charge >= 0.3 is 0 Å². The first kappa shape index (κ1) is 13.9. The molecule has 3 atom stereocenters. The van der Waals surface area contributed by atoms with E-state index in [1.807, 2.05) is 18.7 Å². The van der Waals surface area contributed by atoms with Crippen molar-refractivity contribution in [2.24, 2.45) is 0 Å². The molecule has 20 heavy (non-hydrogen) atoms. The van der Waals surface area contributed by atoms with Crippen LogP contribution in [0, 0.1) is 0 Å². The fourth-order valence-electron chi connectivity index (χ4n) is 4.04. The minimum atomic E-state index is -0.711. The van der Waals surface area contributed by atoms with Crippen molar-refractivity contribution in [1.82, 2.24) is 15.1 Å². The third-order valence-corrected chi connectivity index (χ3v) is 5.39. The third-order valence-electron chi connectivity index (χ3n) is 5.39. The molecule has 0 aromatic rings. The average molecular weight is 279 g/mol. The van der Waals surface area contributed by atoms with Gasteiger partial charge < -0.3 is 10.2 Å². The highest BCUT2D eigenvalue weighted by molar-refractivity contribution is 5.97. The van der Waals surface area contributed by atoms with E-state index in [9.17, 15) is 9.59 Å². The van der Waals surface area contributed by atoms with Crippen LogP contribution in [0.1, 0.15) is 46.0 Å². The second-order valence-electron chi connectivity index (χ2n) is 6.62. The molecular formula is C15H25N3O2. The van der Waals surface area contributed by atoms with Gasteiger partial charge in [-0.05, 0) is 39.2 Å². The summed E-state index contributed by atoms with van der Waals surface area (Å²) in [6.07, 6.45) is 5.35. The summed E-state index contributed by atoms with van der Waals surface area (Å²) >= 11 is 0. The lowest BCUT2D eigenvalue weighted by atomic mass is 9.90. The second-order valence-corrected chi connectivity index (χ2v) is 6.62. The van der Waals surface area contributed by atoms with Crippen LogP contribution in [0.4, 0.5) is 0 Å². The van der Waals surface area contributed by atoms with Crippen molar-refractivity contribution in [3.63, 3.8) is 0 Å². The molecule has 0 radical (unpaired) electrons. The van der Waals surface area contributed by atoms with Gasteiger partial charge in [0.1, 0.15) is 5.54 Å². The molecule has 2 amide bonds. The number of nitrogens with zero attached hydrogens (tertiary/aromatic N) is 2. The van der Waals surface area contributed by atoms with Crippen molar-refractivity contribution in [3.05, 3.63) is 0 Å². The van der Waals surface area contributed by atoms with Crippen molar-refractivity contribution >= 4 is 11.8 Å². The van der Waals surface area contributed by atoms with Crippen molar-refractivity contribution in [2.45, 2.75) is 63.6 Å². The highest BCUT2D eigenvalue weighted by atomic mass is 16.2. The molecule has 112 valence electrons. The van der Waals surface area contributed by atoms with E-state index in [4.69, 9.17) is 0 Å². The quantitative estimate of drug-likeness (QED) is 0.811. The van der Waals surface area contributed by atoms with Gasteiger partial charge in [0.05, 0.1) is 6.54 Å². The molecule has 1 N–H and O–H groups in total. The van der Waals surface area contributed by atoms with Gasteiger partial charge in [-0.2, -0.15) is 0 Å². The smallest absolute Gasteiger partial charge is 0.248 e. The molecule has 0 saturated carbocycles. The largest absolute Gasteiger partial charge is 0.340 e. The molecule has 3 fully saturated rings. The number of hydrogen-bond acceptors (Lipinski definition) is 3. The zero-order valence-electron chi connectivity index (χ0n) is 12.5. The maximum absolute atomic E-state index is 12.8. The first-order valence-corrected chi connectivity index (χ1v) is 7.91. The Bertz CT molecular complexity index is 425. The summed E-state index contributed by atoms with van der Waals surface area (Å²) < 4.78 is 0. The van der Waals surface area contributed by atoms with E-state index in [-0.39, 0.29) is 24.4 Å². The number of nitrogens with one attached hydrogen (secondary N) is 1. The lowest BCUT2D eigenvalue weighted by molar-refractivity contribution is -0.152. The second kappa shape index (κ2) is 5.02. The van der Waals surface area contributed by atoms with Gasteiger partial charge in [-0.1, -0.05) is 13.3 Å². The molecule has 5 nitrogen and oxygen atoms in total. The molecule has 3 heterocycles. The zero-order chi connectivity index (χ0) is 14.3. The molecule has 0 aromatic carbocycles. The Morgan fingerprint density at radius 1 is 1.20 bits per heavy atom. The Kier molecular flexibility index (Phi) is 3.48. The van der Waals surface area contributed by atoms with E-state index < -0.39 is 5.54 Å². The number of piperidine rings is 1. The van der Waals surface area contributed by atoms with Crippen LogP contribution in [-0.2, 0) is 9.59 Å². The molecular weight excluding hydrogens is 254 g/mol. The topological polar surface area (TPSA) is 52.7 Å². The molecule has 0 spiro atoms. The normalized spacial score (nSPS) is 38.8. The molecule has 5 heteroatoms. The first-order valence-electron chi connectivity index (χ1n) is 7.91. The fourth-order valence-corrected chi connectivity index (χ4v) is 4.04. The summed E-state index contributed by atoms with van der Waals surface area (Å²) in [5, 5.41) is 2.87. The van der Waals surface area contributed by atoms with Crippen LogP contribution >= 0.6 is 0 Å². The van der Waals surface area contributed by atoms with Gasteiger partial charge in [0.15, 0.2) is 0 Å². The van der Waals surface area contributed by atoms with Gasteiger partial charge in [-0.3, -0.25) is 14.5 Å². The maximum atomic E-state index is 12.8. The van der Waals surface area contributed by atoms with Gasteiger partial charge in [0.2, 0.25) is 11.8 Å². The Hall–Kier alpha value is -1.10. The Labute approximate surface area is 120 Å². The number of carbonyl (C=O) groups is 2. The molecule has 3 saturated heterocycles. The van der Waals surface area contributed by atoms with Gasteiger partial charge in [0, 0.05) is 18.6 Å². The summed E-state index contributed by atoms with van der Waals surface area (Å²) in [7, 11) is 0. The number of piperazine rings is 1. The monoisotopic (exact) mass is 279 g/mol.